The van der Waals surface area contributed by atoms with Gasteiger partial charge in [-0.2, -0.15) is 0 Å². The van der Waals surface area contributed by atoms with E-state index in [0.717, 1.165) is 62.9 Å². The van der Waals surface area contributed by atoms with Crippen LogP contribution in [0.3, 0.4) is 0 Å². The number of hydrogen-bond donors (Lipinski definition) is 1. The molecule has 0 atom stereocenters. The highest BCUT2D eigenvalue weighted by atomic mass is 79.9. The summed E-state index contributed by atoms with van der Waals surface area (Å²) >= 11 is 3.61. The smallest absolute Gasteiger partial charge is 0.194 e. The Balaban J connectivity index is 1.90. The van der Waals surface area contributed by atoms with Gasteiger partial charge in [0.1, 0.15) is 0 Å². The summed E-state index contributed by atoms with van der Waals surface area (Å²) in [5.41, 5.74) is 1.26. The molecule has 1 aromatic rings. The maximum absolute atomic E-state index is 5.38. The normalized spacial score (nSPS) is 16.4. The van der Waals surface area contributed by atoms with E-state index < -0.39 is 0 Å². The van der Waals surface area contributed by atoms with E-state index >= 15 is 0 Å². The van der Waals surface area contributed by atoms with E-state index in [-0.39, 0.29) is 0 Å². The van der Waals surface area contributed by atoms with E-state index in [4.69, 9.17) is 9.73 Å². The van der Waals surface area contributed by atoms with Gasteiger partial charge in [0.15, 0.2) is 5.96 Å². The molecule has 23 heavy (non-hydrogen) atoms. The molecule has 1 heterocycles. The number of hydrogen-bond acceptors (Lipinski definition) is 3. The van der Waals surface area contributed by atoms with E-state index in [1.165, 1.54) is 5.56 Å². The van der Waals surface area contributed by atoms with Gasteiger partial charge in [-0.1, -0.05) is 34.1 Å². The number of benzene rings is 1. The molecule has 0 saturated carbocycles. The molecular weight excluding hydrogens is 356 g/mol. The third-order valence-corrected chi connectivity index (χ3v) is 4.62. The third kappa shape index (κ3) is 6.12. The molecular formula is C17H27BrN4O. The van der Waals surface area contributed by atoms with Gasteiger partial charge in [-0.3, -0.25) is 9.89 Å². The van der Waals surface area contributed by atoms with Crippen molar-refractivity contribution in [3.8, 4) is 0 Å². The van der Waals surface area contributed by atoms with Gasteiger partial charge in [-0.25, -0.2) is 0 Å². The van der Waals surface area contributed by atoms with Crippen molar-refractivity contribution in [2.45, 2.75) is 13.5 Å². The van der Waals surface area contributed by atoms with Crippen molar-refractivity contribution < 1.29 is 4.74 Å². The van der Waals surface area contributed by atoms with Gasteiger partial charge in [0.05, 0.1) is 19.8 Å². The van der Waals surface area contributed by atoms with Crippen molar-refractivity contribution in [2.75, 3.05) is 53.0 Å². The second kappa shape index (κ2) is 9.90. The zero-order valence-corrected chi connectivity index (χ0v) is 15.7. The fourth-order valence-electron chi connectivity index (χ4n) is 2.55. The first kappa shape index (κ1) is 18.2. The van der Waals surface area contributed by atoms with Gasteiger partial charge in [0.2, 0.25) is 0 Å². The molecule has 1 aliphatic heterocycles. The standard InChI is InChI=1S/C17H27BrN4O/c1-3-19-17(20-8-9-22-10-12-23-13-11-22)21(2)14-15-6-4-5-7-16(15)18/h4-7H,3,8-14H2,1-2H3,(H,19,20). The van der Waals surface area contributed by atoms with E-state index in [9.17, 15) is 0 Å². The van der Waals surface area contributed by atoms with Gasteiger partial charge < -0.3 is 15.0 Å². The number of morpholine rings is 1. The molecule has 0 aromatic heterocycles. The molecule has 1 N–H and O–H groups in total. The SMILES string of the molecule is CCNC(=NCCN1CCOCC1)N(C)Cc1ccccc1Br. The minimum Gasteiger partial charge on any atom is -0.379 e. The lowest BCUT2D eigenvalue weighted by molar-refractivity contribution is 0.0394. The van der Waals surface area contributed by atoms with Crippen LogP contribution in [0.15, 0.2) is 33.7 Å². The first-order valence-electron chi connectivity index (χ1n) is 8.23. The summed E-state index contributed by atoms with van der Waals surface area (Å²) in [6.45, 7) is 9.30. The number of nitrogens with one attached hydrogen (secondary N) is 1. The number of guanidine groups is 1. The fourth-order valence-corrected chi connectivity index (χ4v) is 2.96. The summed E-state index contributed by atoms with van der Waals surface area (Å²) in [4.78, 5) is 9.34. The molecule has 0 spiro atoms. The molecule has 0 aliphatic carbocycles. The molecule has 1 fully saturated rings. The van der Waals surface area contributed by atoms with Crippen molar-refractivity contribution in [1.29, 1.82) is 0 Å². The summed E-state index contributed by atoms with van der Waals surface area (Å²) in [5.74, 6) is 0.955. The Bertz CT molecular complexity index is 503. The Morgan fingerprint density at radius 3 is 2.78 bits per heavy atom. The molecule has 128 valence electrons. The molecule has 0 unspecified atom stereocenters. The van der Waals surface area contributed by atoms with Crippen LogP contribution in [0.25, 0.3) is 0 Å². The maximum atomic E-state index is 5.38. The minimum atomic E-state index is 0.808. The third-order valence-electron chi connectivity index (χ3n) is 3.84. The molecule has 1 aliphatic rings. The van der Waals surface area contributed by atoms with Crippen molar-refractivity contribution in [2.24, 2.45) is 4.99 Å². The highest BCUT2D eigenvalue weighted by Gasteiger charge is 2.11. The molecule has 1 aromatic carbocycles. The van der Waals surface area contributed by atoms with Gasteiger partial charge >= 0.3 is 0 Å². The fraction of sp³-hybridized carbons (Fsp3) is 0.588. The second-order valence-corrected chi connectivity index (χ2v) is 6.49. The van der Waals surface area contributed by atoms with Gasteiger partial charge in [0, 0.05) is 44.2 Å². The van der Waals surface area contributed by atoms with Gasteiger partial charge in [0.25, 0.3) is 0 Å². The molecule has 0 bridgehead atoms. The first-order valence-corrected chi connectivity index (χ1v) is 9.03. The molecule has 2 rings (SSSR count). The Hall–Kier alpha value is -1.11. The van der Waals surface area contributed by atoms with Crippen molar-refractivity contribution in [3.05, 3.63) is 34.3 Å². The quantitative estimate of drug-likeness (QED) is 0.604. The molecule has 1 saturated heterocycles. The Kier molecular flexibility index (Phi) is 7.85. The molecule has 5 nitrogen and oxygen atoms in total. The second-order valence-electron chi connectivity index (χ2n) is 5.64. The molecule has 0 amide bonds. The number of nitrogens with zero attached hydrogens (tertiary/aromatic N) is 3. The first-order chi connectivity index (χ1) is 11.2. The largest absolute Gasteiger partial charge is 0.379 e. The average molecular weight is 383 g/mol. The number of halogens is 1. The van der Waals surface area contributed by atoms with Gasteiger partial charge in [-0.15, -0.1) is 0 Å². The van der Waals surface area contributed by atoms with Crippen LogP contribution in [-0.4, -0.2) is 68.7 Å². The summed E-state index contributed by atoms with van der Waals surface area (Å²) in [5, 5.41) is 3.38. The minimum absolute atomic E-state index is 0.808. The predicted molar refractivity (Wildman–Crippen MR) is 98.8 cm³/mol. The van der Waals surface area contributed by atoms with Crippen LogP contribution in [0.4, 0.5) is 0 Å². The van der Waals surface area contributed by atoms with Crippen LogP contribution in [-0.2, 0) is 11.3 Å². The van der Waals surface area contributed by atoms with Crippen molar-refractivity contribution in [1.82, 2.24) is 15.1 Å². The Morgan fingerprint density at radius 2 is 2.09 bits per heavy atom. The van der Waals surface area contributed by atoms with Crippen LogP contribution in [0.5, 0.6) is 0 Å². The van der Waals surface area contributed by atoms with Crippen LogP contribution < -0.4 is 5.32 Å². The Labute approximate surface area is 147 Å². The van der Waals surface area contributed by atoms with Gasteiger partial charge in [-0.05, 0) is 18.6 Å². The van der Waals surface area contributed by atoms with E-state index in [2.05, 4.69) is 63.2 Å². The lowest BCUT2D eigenvalue weighted by Crippen LogP contribution is -2.40. The summed E-state index contributed by atoms with van der Waals surface area (Å²) in [7, 11) is 2.08. The molecule has 6 heteroatoms. The van der Waals surface area contributed by atoms with E-state index in [0.29, 0.717) is 0 Å². The topological polar surface area (TPSA) is 40.1 Å². The maximum Gasteiger partial charge on any atom is 0.194 e. The van der Waals surface area contributed by atoms with E-state index in [1.54, 1.807) is 0 Å². The van der Waals surface area contributed by atoms with Crippen LogP contribution in [0.2, 0.25) is 0 Å². The summed E-state index contributed by atoms with van der Waals surface area (Å²) < 4.78 is 6.51. The number of aliphatic imine (C=N–C) groups is 1. The summed E-state index contributed by atoms with van der Waals surface area (Å²) in [6.07, 6.45) is 0. The van der Waals surface area contributed by atoms with Crippen molar-refractivity contribution in [3.63, 3.8) is 0 Å². The highest BCUT2D eigenvalue weighted by molar-refractivity contribution is 9.10. The van der Waals surface area contributed by atoms with Crippen LogP contribution in [0, 0.1) is 0 Å². The van der Waals surface area contributed by atoms with Crippen LogP contribution >= 0.6 is 15.9 Å². The predicted octanol–water partition coefficient (Wildman–Crippen LogP) is 2.18. The van der Waals surface area contributed by atoms with Crippen molar-refractivity contribution >= 4 is 21.9 Å². The van der Waals surface area contributed by atoms with Crippen LogP contribution in [0.1, 0.15) is 12.5 Å². The monoisotopic (exact) mass is 382 g/mol. The lowest BCUT2D eigenvalue weighted by Gasteiger charge is -2.26. The zero-order chi connectivity index (χ0) is 16.5. The average Bonchev–Trinajstić information content (AvgIpc) is 2.57. The number of ether oxygens (including phenoxy) is 1. The lowest BCUT2D eigenvalue weighted by atomic mass is 10.2. The number of rotatable bonds is 6. The zero-order valence-electron chi connectivity index (χ0n) is 14.1. The van der Waals surface area contributed by atoms with E-state index in [1.807, 2.05) is 6.07 Å². The highest BCUT2D eigenvalue weighted by Crippen LogP contribution is 2.17. The molecule has 0 radical (unpaired) electrons. The summed E-state index contributed by atoms with van der Waals surface area (Å²) in [6, 6.07) is 8.31. The Morgan fingerprint density at radius 1 is 1.35 bits per heavy atom.